The number of hydrogen-bond donors (Lipinski definition) is 3. The van der Waals surface area contributed by atoms with Crippen molar-refractivity contribution in [1.82, 2.24) is 4.90 Å². The fourth-order valence-corrected chi connectivity index (χ4v) is 1.78. The van der Waals surface area contributed by atoms with E-state index in [2.05, 4.69) is 0 Å². The Balaban J connectivity index is 2.78. The summed E-state index contributed by atoms with van der Waals surface area (Å²) in [6.45, 7) is 3.44. The van der Waals surface area contributed by atoms with E-state index in [0.29, 0.717) is 0 Å². The zero-order valence-corrected chi connectivity index (χ0v) is 9.46. The molecule has 0 aromatic heterocycles. The Bertz CT molecular complexity index is 293. The number of hydrogen-bond acceptors (Lipinski definition) is 4. The van der Waals surface area contributed by atoms with Crippen molar-refractivity contribution in [2.45, 2.75) is 38.5 Å². The van der Waals surface area contributed by atoms with Gasteiger partial charge in [-0.25, -0.2) is 4.79 Å². The summed E-state index contributed by atoms with van der Waals surface area (Å²) in [6, 6.07) is -1.26. The molecule has 6 nitrogen and oxygen atoms in total. The van der Waals surface area contributed by atoms with Gasteiger partial charge >= 0.3 is 5.97 Å². The first-order valence-corrected chi connectivity index (χ1v) is 5.31. The first kappa shape index (κ1) is 12.9. The molecule has 0 aliphatic carbocycles. The van der Waals surface area contributed by atoms with Crippen LogP contribution in [0.4, 0.5) is 0 Å². The topological polar surface area (TPSA) is 104 Å². The summed E-state index contributed by atoms with van der Waals surface area (Å²) < 4.78 is 0. The van der Waals surface area contributed by atoms with Crippen LogP contribution in [0.5, 0.6) is 0 Å². The molecule has 1 heterocycles. The van der Waals surface area contributed by atoms with Gasteiger partial charge in [0, 0.05) is 19.0 Å². The van der Waals surface area contributed by atoms with E-state index in [4.69, 9.17) is 10.8 Å². The average molecular weight is 230 g/mol. The normalized spacial score (nSPS) is 28.9. The van der Waals surface area contributed by atoms with E-state index in [9.17, 15) is 14.7 Å². The zero-order chi connectivity index (χ0) is 12.5. The highest BCUT2D eigenvalue weighted by molar-refractivity contribution is 5.86. The van der Waals surface area contributed by atoms with Crippen molar-refractivity contribution in [2.24, 2.45) is 11.7 Å². The highest BCUT2D eigenvalue weighted by Gasteiger charge is 2.40. The molecule has 6 heteroatoms. The van der Waals surface area contributed by atoms with Gasteiger partial charge in [0.05, 0.1) is 12.0 Å². The molecule has 1 aliphatic heterocycles. The van der Waals surface area contributed by atoms with Crippen LogP contribution in [-0.4, -0.2) is 51.7 Å². The lowest BCUT2D eigenvalue weighted by molar-refractivity contribution is -0.149. The zero-order valence-electron chi connectivity index (χ0n) is 9.46. The number of aliphatic hydroxyl groups is 1. The number of β-amino-alcohol motifs (C(OH)–C–C–N with tert-alkyl or cyclic N) is 1. The van der Waals surface area contributed by atoms with E-state index in [1.165, 1.54) is 4.90 Å². The minimum Gasteiger partial charge on any atom is -0.480 e. The second-order valence-corrected chi connectivity index (χ2v) is 4.38. The number of carboxylic acid groups (broad SMARTS) is 1. The SMILES string of the molecule is CC(N)C(C)C(=O)N1CC(O)C[C@H]1C(=O)O. The maximum atomic E-state index is 11.9. The number of carboxylic acids is 1. The molecule has 4 atom stereocenters. The van der Waals surface area contributed by atoms with Crippen molar-refractivity contribution < 1.29 is 19.8 Å². The minimum atomic E-state index is -1.08. The van der Waals surface area contributed by atoms with Crippen LogP contribution in [0.3, 0.4) is 0 Å². The molecule has 4 N–H and O–H groups in total. The van der Waals surface area contributed by atoms with Crippen molar-refractivity contribution in [3.8, 4) is 0 Å². The van der Waals surface area contributed by atoms with Gasteiger partial charge in [0.2, 0.25) is 5.91 Å². The number of aliphatic hydroxyl groups excluding tert-OH is 1. The van der Waals surface area contributed by atoms with Crippen LogP contribution < -0.4 is 5.73 Å². The molecular weight excluding hydrogens is 212 g/mol. The molecule has 0 aromatic carbocycles. The van der Waals surface area contributed by atoms with Gasteiger partial charge in [-0.2, -0.15) is 0 Å². The van der Waals surface area contributed by atoms with Gasteiger partial charge in [0.1, 0.15) is 6.04 Å². The fraction of sp³-hybridized carbons (Fsp3) is 0.800. The molecule has 0 spiro atoms. The van der Waals surface area contributed by atoms with Crippen molar-refractivity contribution in [3.63, 3.8) is 0 Å². The summed E-state index contributed by atoms with van der Waals surface area (Å²) in [4.78, 5) is 24.0. The van der Waals surface area contributed by atoms with E-state index in [0.717, 1.165) is 0 Å². The number of nitrogens with two attached hydrogens (primary N) is 1. The second-order valence-electron chi connectivity index (χ2n) is 4.38. The Labute approximate surface area is 94.0 Å². The number of carbonyl (C=O) groups is 2. The van der Waals surface area contributed by atoms with E-state index in [1.807, 2.05) is 0 Å². The molecule has 0 radical (unpaired) electrons. The second kappa shape index (κ2) is 4.80. The smallest absolute Gasteiger partial charge is 0.326 e. The maximum Gasteiger partial charge on any atom is 0.326 e. The molecule has 1 saturated heterocycles. The summed E-state index contributed by atoms with van der Waals surface area (Å²) in [5, 5.41) is 18.3. The van der Waals surface area contributed by atoms with E-state index in [1.54, 1.807) is 13.8 Å². The van der Waals surface area contributed by atoms with Crippen LogP contribution in [0.1, 0.15) is 20.3 Å². The van der Waals surface area contributed by atoms with Crippen LogP contribution in [0, 0.1) is 5.92 Å². The van der Waals surface area contributed by atoms with Gasteiger partial charge in [0.25, 0.3) is 0 Å². The van der Waals surface area contributed by atoms with E-state index >= 15 is 0 Å². The quantitative estimate of drug-likeness (QED) is 0.578. The third-order valence-electron chi connectivity index (χ3n) is 3.03. The molecule has 1 aliphatic rings. The summed E-state index contributed by atoms with van der Waals surface area (Å²) in [6.07, 6.45) is -0.669. The first-order valence-electron chi connectivity index (χ1n) is 5.31. The molecule has 1 amide bonds. The predicted octanol–water partition coefficient (Wildman–Crippen LogP) is -0.984. The van der Waals surface area contributed by atoms with E-state index in [-0.39, 0.29) is 24.9 Å². The number of amides is 1. The Kier molecular flexibility index (Phi) is 3.88. The molecule has 16 heavy (non-hydrogen) atoms. The number of carbonyl (C=O) groups excluding carboxylic acids is 1. The summed E-state index contributed by atoms with van der Waals surface area (Å²) in [5.74, 6) is -1.83. The molecule has 1 fully saturated rings. The van der Waals surface area contributed by atoms with Gasteiger partial charge < -0.3 is 20.8 Å². The van der Waals surface area contributed by atoms with Crippen LogP contribution in [-0.2, 0) is 9.59 Å². The Morgan fingerprint density at radius 2 is 2.00 bits per heavy atom. The van der Waals surface area contributed by atoms with Crippen molar-refractivity contribution in [3.05, 3.63) is 0 Å². The number of nitrogens with zero attached hydrogens (tertiary/aromatic N) is 1. The molecule has 1 rings (SSSR count). The summed E-state index contributed by atoms with van der Waals surface area (Å²) in [7, 11) is 0. The molecule has 3 unspecified atom stereocenters. The monoisotopic (exact) mass is 230 g/mol. The number of aliphatic carboxylic acids is 1. The largest absolute Gasteiger partial charge is 0.480 e. The van der Waals surface area contributed by atoms with Gasteiger partial charge in [-0.3, -0.25) is 4.79 Å². The highest BCUT2D eigenvalue weighted by Crippen LogP contribution is 2.21. The summed E-state index contributed by atoms with van der Waals surface area (Å²) in [5.41, 5.74) is 5.60. The molecule has 92 valence electrons. The molecule has 0 saturated carbocycles. The lowest BCUT2D eigenvalue weighted by atomic mass is 10.0. The Hall–Kier alpha value is -1.14. The number of likely N-dealkylation sites (tertiary alicyclic amines) is 1. The molecule has 0 aromatic rings. The fourth-order valence-electron chi connectivity index (χ4n) is 1.78. The van der Waals surface area contributed by atoms with Crippen LogP contribution in [0.25, 0.3) is 0 Å². The Morgan fingerprint density at radius 3 is 2.44 bits per heavy atom. The molecule has 0 bridgehead atoms. The van der Waals surface area contributed by atoms with Crippen molar-refractivity contribution >= 4 is 11.9 Å². The van der Waals surface area contributed by atoms with Crippen LogP contribution >= 0.6 is 0 Å². The predicted molar refractivity (Wildman–Crippen MR) is 56.6 cm³/mol. The minimum absolute atomic E-state index is 0.0763. The standard InChI is InChI=1S/C10H18N2O4/c1-5(6(2)11)9(14)12-4-7(13)3-8(12)10(15)16/h5-8,13H,3-4,11H2,1-2H3,(H,15,16)/t5?,6?,7?,8-/m0/s1. The third kappa shape index (κ3) is 2.51. The lowest BCUT2D eigenvalue weighted by Crippen LogP contribution is -2.46. The van der Waals surface area contributed by atoms with Gasteiger partial charge in [-0.05, 0) is 6.92 Å². The van der Waals surface area contributed by atoms with Crippen molar-refractivity contribution in [1.29, 1.82) is 0 Å². The third-order valence-corrected chi connectivity index (χ3v) is 3.03. The van der Waals surface area contributed by atoms with Crippen LogP contribution in [0.15, 0.2) is 0 Å². The van der Waals surface area contributed by atoms with E-state index < -0.39 is 24.0 Å². The molecular formula is C10H18N2O4. The van der Waals surface area contributed by atoms with Crippen LogP contribution in [0.2, 0.25) is 0 Å². The summed E-state index contributed by atoms with van der Waals surface area (Å²) >= 11 is 0. The maximum absolute atomic E-state index is 11.9. The van der Waals surface area contributed by atoms with Gasteiger partial charge in [0.15, 0.2) is 0 Å². The van der Waals surface area contributed by atoms with Crippen molar-refractivity contribution in [2.75, 3.05) is 6.54 Å². The average Bonchev–Trinajstić information content (AvgIpc) is 2.58. The highest BCUT2D eigenvalue weighted by atomic mass is 16.4. The van der Waals surface area contributed by atoms with Gasteiger partial charge in [-0.1, -0.05) is 6.92 Å². The first-order chi connectivity index (χ1) is 7.34. The Morgan fingerprint density at radius 1 is 1.44 bits per heavy atom. The lowest BCUT2D eigenvalue weighted by Gasteiger charge is -2.26. The number of rotatable bonds is 3. The van der Waals surface area contributed by atoms with Gasteiger partial charge in [-0.15, -0.1) is 0 Å².